The van der Waals surface area contributed by atoms with Crippen molar-refractivity contribution < 1.29 is 0 Å². The molecule has 2 heteroatoms. The van der Waals surface area contributed by atoms with Crippen LogP contribution in [0.5, 0.6) is 0 Å². The van der Waals surface area contributed by atoms with Crippen molar-refractivity contribution in [1.29, 1.82) is 0 Å². The standard InChI is InChI=1S/C16H19NS/c1-13(2)17-12-14-8-6-7-11-16(14)18-15-9-4-3-5-10-15/h3-11,13,17H,12H2,1-2H3. The SMILES string of the molecule is CC(C)NCc1ccccc1Sc1ccccc1. The molecule has 0 aromatic heterocycles. The van der Waals surface area contributed by atoms with Crippen molar-refractivity contribution in [3.8, 4) is 0 Å². The van der Waals surface area contributed by atoms with E-state index in [1.807, 2.05) is 11.8 Å². The Bertz CT molecular complexity index is 479. The van der Waals surface area contributed by atoms with Crippen molar-refractivity contribution in [3.63, 3.8) is 0 Å². The first-order valence-electron chi connectivity index (χ1n) is 6.30. The molecule has 0 amide bonds. The molecule has 2 aromatic rings. The van der Waals surface area contributed by atoms with Gasteiger partial charge in [-0.3, -0.25) is 0 Å². The summed E-state index contributed by atoms with van der Waals surface area (Å²) in [6.07, 6.45) is 0. The molecule has 94 valence electrons. The van der Waals surface area contributed by atoms with Crippen molar-refractivity contribution in [2.24, 2.45) is 0 Å². The van der Waals surface area contributed by atoms with Crippen LogP contribution in [-0.4, -0.2) is 6.04 Å². The fourth-order valence-electron chi connectivity index (χ4n) is 1.68. The first kappa shape index (κ1) is 13.2. The molecule has 18 heavy (non-hydrogen) atoms. The molecule has 0 heterocycles. The van der Waals surface area contributed by atoms with E-state index in [0.717, 1.165) is 6.54 Å². The predicted octanol–water partition coefficient (Wildman–Crippen LogP) is 4.34. The zero-order chi connectivity index (χ0) is 12.8. The minimum atomic E-state index is 0.514. The van der Waals surface area contributed by atoms with Gasteiger partial charge in [-0.1, -0.05) is 62.0 Å². The van der Waals surface area contributed by atoms with Crippen LogP contribution in [0.1, 0.15) is 19.4 Å². The Hall–Kier alpha value is -1.25. The fourth-order valence-corrected chi connectivity index (χ4v) is 2.64. The molecular weight excluding hydrogens is 238 g/mol. The zero-order valence-corrected chi connectivity index (χ0v) is 11.7. The van der Waals surface area contributed by atoms with Crippen LogP contribution in [0.25, 0.3) is 0 Å². The third kappa shape index (κ3) is 3.90. The van der Waals surface area contributed by atoms with E-state index >= 15 is 0 Å². The van der Waals surface area contributed by atoms with Gasteiger partial charge in [-0.15, -0.1) is 0 Å². The monoisotopic (exact) mass is 257 g/mol. The van der Waals surface area contributed by atoms with E-state index in [1.54, 1.807) is 0 Å². The topological polar surface area (TPSA) is 12.0 Å². The van der Waals surface area contributed by atoms with Crippen molar-refractivity contribution in [2.45, 2.75) is 36.2 Å². The summed E-state index contributed by atoms with van der Waals surface area (Å²) in [5.74, 6) is 0. The van der Waals surface area contributed by atoms with Crippen LogP contribution in [0.15, 0.2) is 64.4 Å². The Balaban J connectivity index is 2.12. The van der Waals surface area contributed by atoms with Crippen LogP contribution in [0, 0.1) is 0 Å². The van der Waals surface area contributed by atoms with Gasteiger partial charge in [0, 0.05) is 22.4 Å². The maximum Gasteiger partial charge on any atom is 0.0219 e. The molecule has 0 bridgehead atoms. The van der Waals surface area contributed by atoms with E-state index in [-0.39, 0.29) is 0 Å². The molecule has 1 nitrogen and oxygen atoms in total. The van der Waals surface area contributed by atoms with Gasteiger partial charge in [0.1, 0.15) is 0 Å². The van der Waals surface area contributed by atoms with E-state index in [9.17, 15) is 0 Å². The molecule has 0 radical (unpaired) electrons. The van der Waals surface area contributed by atoms with Crippen molar-refractivity contribution in [2.75, 3.05) is 0 Å². The highest BCUT2D eigenvalue weighted by Gasteiger charge is 2.04. The largest absolute Gasteiger partial charge is 0.310 e. The second-order valence-corrected chi connectivity index (χ2v) is 5.67. The van der Waals surface area contributed by atoms with E-state index in [1.165, 1.54) is 15.4 Å². The molecular formula is C16H19NS. The summed E-state index contributed by atoms with van der Waals surface area (Å²) in [5, 5.41) is 3.47. The van der Waals surface area contributed by atoms with Gasteiger partial charge in [-0.05, 0) is 23.8 Å². The van der Waals surface area contributed by atoms with E-state index < -0.39 is 0 Å². The van der Waals surface area contributed by atoms with Gasteiger partial charge in [0.2, 0.25) is 0 Å². The lowest BCUT2D eigenvalue weighted by atomic mass is 10.2. The molecule has 1 N–H and O–H groups in total. The van der Waals surface area contributed by atoms with Gasteiger partial charge in [-0.25, -0.2) is 0 Å². The lowest BCUT2D eigenvalue weighted by molar-refractivity contribution is 0.585. The van der Waals surface area contributed by atoms with Gasteiger partial charge >= 0.3 is 0 Å². The lowest BCUT2D eigenvalue weighted by Gasteiger charge is -2.12. The molecule has 2 rings (SSSR count). The number of rotatable bonds is 5. The Morgan fingerprint density at radius 1 is 0.944 bits per heavy atom. The third-order valence-corrected chi connectivity index (χ3v) is 3.77. The van der Waals surface area contributed by atoms with Crippen LogP contribution in [0.2, 0.25) is 0 Å². The first-order valence-corrected chi connectivity index (χ1v) is 7.11. The molecule has 0 saturated carbocycles. The highest BCUT2D eigenvalue weighted by molar-refractivity contribution is 7.99. The first-order chi connectivity index (χ1) is 8.75. The summed E-state index contributed by atoms with van der Waals surface area (Å²) in [6, 6.07) is 19.6. The molecule has 0 fully saturated rings. The summed E-state index contributed by atoms with van der Waals surface area (Å²) < 4.78 is 0. The normalized spacial score (nSPS) is 10.8. The summed E-state index contributed by atoms with van der Waals surface area (Å²) >= 11 is 1.83. The van der Waals surface area contributed by atoms with Gasteiger partial charge in [0.25, 0.3) is 0 Å². The molecule has 2 aromatic carbocycles. The van der Waals surface area contributed by atoms with E-state index in [4.69, 9.17) is 0 Å². The Morgan fingerprint density at radius 2 is 1.61 bits per heavy atom. The smallest absolute Gasteiger partial charge is 0.0219 e. The fraction of sp³-hybridized carbons (Fsp3) is 0.250. The lowest BCUT2D eigenvalue weighted by Crippen LogP contribution is -2.22. The number of nitrogens with one attached hydrogen (secondary N) is 1. The zero-order valence-electron chi connectivity index (χ0n) is 10.9. The highest BCUT2D eigenvalue weighted by Crippen LogP contribution is 2.30. The second kappa shape index (κ2) is 6.62. The van der Waals surface area contributed by atoms with Gasteiger partial charge in [-0.2, -0.15) is 0 Å². The van der Waals surface area contributed by atoms with Crippen molar-refractivity contribution in [3.05, 3.63) is 60.2 Å². The molecule has 0 atom stereocenters. The van der Waals surface area contributed by atoms with E-state index in [2.05, 4.69) is 73.8 Å². The summed E-state index contributed by atoms with van der Waals surface area (Å²) in [7, 11) is 0. The van der Waals surface area contributed by atoms with Crippen molar-refractivity contribution in [1.82, 2.24) is 5.32 Å². The molecule has 0 spiro atoms. The molecule has 0 unspecified atom stereocenters. The van der Waals surface area contributed by atoms with E-state index in [0.29, 0.717) is 6.04 Å². The van der Waals surface area contributed by atoms with Crippen LogP contribution >= 0.6 is 11.8 Å². The van der Waals surface area contributed by atoms with Crippen LogP contribution in [0.3, 0.4) is 0 Å². The Morgan fingerprint density at radius 3 is 2.33 bits per heavy atom. The second-order valence-electron chi connectivity index (χ2n) is 4.56. The molecule has 0 aliphatic carbocycles. The van der Waals surface area contributed by atoms with Gasteiger partial charge in [0.15, 0.2) is 0 Å². The summed E-state index contributed by atoms with van der Waals surface area (Å²) in [4.78, 5) is 2.62. The maximum atomic E-state index is 3.47. The average molecular weight is 257 g/mol. The van der Waals surface area contributed by atoms with Gasteiger partial charge < -0.3 is 5.32 Å². The molecule has 0 saturated heterocycles. The van der Waals surface area contributed by atoms with Crippen LogP contribution in [0.4, 0.5) is 0 Å². The molecule has 0 aliphatic heterocycles. The number of hydrogen-bond donors (Lipinski definition) is 1. The Labute approximate surface area is 114 Å². The minimum absolute atomic E-state index is 0.514. The third-order valence-electron chi connectivity index (χ3n) is 2.64. The van der Waals surface area contributed by atoms with Crippen molar-refractivity contribution >= 4 is 11.8 Å². The number of benzene rings is 2. The van der Waals surface area contributed by atoms with Crippen LogP contribution < -0.4 is 5.32 Å². The summed E-state index contributed by atoms with van der Waals surface area (Å²) in [5.41, 5.74) is 1.36. The quantitative estimate of drug-likeness (QED) is 0.855. The Kier molecular flexibility index (Phi) is 4.85. The number of hydrogen-bond acceptors (Lipinski definition) is 2. The maximum absolute atomic E-state index is 3.47. The summed E-state index contributed by atoms with van der Waals surface area (Å²) in [6.45, 7) is 5.27. The van der Waals surface area contributed by atoms with Crippen LogP contribution in [-0.2, 0) is 6.54 Å². The highest BCUT2D eigenvalue weighted by atomic mass is 32.2. The average Bonchev–Trinajstić information content (AvgIpc) is 2.39. The molecule has 0 aliphatic rings. The van der Waals surface area contributed by atoms with Gasteiger partial charge in [0.05, 0.1) is 0 Å². The minimum Gasteiger partial charge on any atom is -0.310 e. The predicted molar refractivity (Wildman–Crippen MR) is 79.0 cm³/mol.